The number of carbonyl (C=O) groups excluding carboxylic acids is 1. The number of aryl methyl sites for hydroxylation is 2. The molecule has 0 spiro atoms. The number of thiazole rings is 1. The lowest BCUT2D eigenvalue weighted by Gasteiger charge is -2.25. The molecule has 0 unspecified atom stereocenters. The van der Waals surface area contributed by atoms with Gasteiger partial charge in [-0.15, -0.1) is 11.3 Å². The third-order valence-electron chi connectivity index (χ3n) is 4.37. The van der Waals surface area contributed by atoms with Crippen molar-refractivity contribution in [3.05, 3.63) is 45.4 Å². The highest BCUT2D eigenvalue weighted by Crippen LogP contribution is 2.16. The zero-order valence-electron chi connectivity index (χ0n) is 15.3. The SMILES string of the molecule is Cc1ccc(OCC(=O)NCc2nc(CN3CCOCC3)cs2)cc1C. The quantitative estimate of drug-likeness (QED) is 0.804. The Bertz CT molecular complexity index is 741. The van der Waals surface area contributed by atoms with E-state index < -0.39 is 0 Å². The fourth-order valence-corrected chi connectivity index (χ4v) is 3.39. The molecule has 1 amide bonds. The molecule has 0 atom stereocenters. The summed E-state index contributed by atoms with van der Waals surface area (Å²) in [6.45, 7) is 8.81. The summed E-state index contributed by atoms with van der Waals surface area (Å²) in [5.74, 6) is 0.568. The highest BCUT2D eigenvalue weighted by Gasteiger charge is 2.13. The molecule has 1 aromatic heterocycles. The van der Waals surface area contributed by atoms with Gasteiger partial charge < -0.3 is 14.8 Å². The smallest absolute Gasteiger partial charge is 0.258 e. The maximum Gasteiger partial charge on any atom is 0.258 e. The van der Waals surface area contributed by atoms with E-state index in [1.807, 2.05) is 32.0 Å². The van der Waals surface area contributed by atoms with Crippen LogP contribution in [0.15, 0.2) is 23.6 Å². The molecule has 6 nitrogen and oxygen atoms in total. The second-order valence-corrected chi connectivity index (χ2v) is 7.38. The molecule has 2 aromatic rings. The lowest BCUT2D eigenvalue weighted by Crippen LogP contribution is -2.35. The molecule has 1 aromatic carbocycles. The van der Waals surface area contributed by atoms with Gasteiger partial charge in [-0.1, -0.05) is 6.07 Å². The molecule has 0 bridgehead atoms. The van der Waals surface area contributed by atoms with Crippen molar-refractivity contribution >= 4 is 17.2 Å². The van der Waals surface area contributed by atoms with Gasteiger partial charge in [-0.2, -0.15) is 0 Å². The molecule has 0 aliphatic carbocycles. The second-order valence-electron chi connectivity index (χ2n) is 6.43. The minimum absolute atomic E-state index is 0.00844. The highest BCUT2D eigenvalue weighted by molar-refractivity contribution is 7.09. The van der Waals surface area contributed by atoms with E-state index in [2.05, 4.69) is 20.6 Å². The molecule has 7 heteroatoms. The molecule has 1 fully saturated rings. The van der Waals surface area contributed by atoms with Gasteiger partial charge in [0.05, 0.1) is 25.5 Å². The van der Waals surface area contributed by atoms with Crippen molar-refractivity contribution in [1.29, 1.82) is 0 Å². The predicted octanol–water partition coefficient (Wildman–Crippen LogP) is 2.29. The highest BCUT2D eigenvalue weighted by atomic mass is 32.1. The average molecular weight is 375 g/mol. The summed E-state index contributed by atoms with van der Waals surface area (Å²) in [5.41, 5.74) is 3.41. The Labute approximate surface area is 158 Å². The number of hydrogen-bond donors (Lipinski definition) is 1. The molecule has 1 aliphatic rings. The van der Waals surface area contributed by atoms with Gasteiger partial charge in [0.2, 0.25) is 0 Å². The molecule has 26 heavy (non-hydrogen) atoms. The topological polar surface area (TPSA) is 63.7 Å². The molecule has 140 valence electrons. The van der Waals surface area contributed by atoms with Crippen molar-refractivity contribution in [2.45, 2.75) is 26.9 Å². The van der Waals surface area contributed by atoms with Gasteiger partial charge in [0.15, 0.2) is 6.61 Å². The monoisotopic (exact) mass is 375 g/mol. The second kappa shape index (κ2) is 9.12. The maximum absolute atomic E-state index is 12.0. The van der Waals surface area contributed by atoms with Crippen LogP contribution < -0.4 is 10.1 Å². The lowest BCUT2D eigenvalue weighted by atomic mass is 10.1. The van der Waals surface area contributed by atoms with E-state index in [0.29, 0.717) is 12.3 Å². The van der Waals surface area contributed by atoms with Crippen molar-refractivity contribution in [3.8, 4) is 5.75 Å². The summed E-state index contributed by atoms with van der Waals surface area (Å²) in [6, 6.07) is 5.82. The number of aromatic nitrogens is 1. The molecule has 1 saturated heterocycles. The number of nitrogens with one attached hydrogen (secondary N) is 1. The van der Waals surface area contributed by atoms with Gasteiger partial charge in [0.1, 0.15) is 10.8 Å². The Kier molecular flexibility index (Phi) is 6.60. The van der Waals surface area contributed by atoms with Crippen LogP contribution >= 0.6 is 11.3 Å². The lowest BCUT2D eigenvalue weighted by molar-refractivity contribution is -0.123. The predicted molar refractivity (Wildman–Crippen MR) is 101 cm³/mol. The molecular formula is C19H25N3O3S. The number of rotatable bonds is 7. The number of carbonyl (C=O) groups is 1. The molecule has 1 aliphatic heterocycles. The van der Waals surface area contributed by atoms with Crippen molar-refractivity contribution in [3.63, 3.8) is 0 Å². The van der Waals surface area contributed by atoms with E-state index in [-0.39, 0.29) is 12.5 Å². The van der Waals surface area contributed by atoms with Crippen LogP contribution in [0.4, 0.5) is 0 Å². The number of benzene rings is 1. The van der Waals surface area contributed by atoms with E-state index in [9.17, 15) is 4.79 Å². The van der Waals surface area contributed by atoms with Crippen molar-refractivity contribution in [1.82, 2.24) is 15.2 Å². The molecule has 3 rings (SSSR count). The Morgan fingerprint density at radius 2 is 2.12 bits per heavy atom. The van der Waals surface area contributed by atoms with E-state index in [1.54, 1.807) is 11.3 Å². The third-order valence-corrected chi connectivity index (χ3v) is 5.27. The Hall–Kier alpha value is -1.96. The number of hydrogen-bond acceptors (Lipinski definition) is 6. The number of nitrogens with zero attached hydrogens (tertiary/aromatic N) is 2. The van der Waals surface area contributed by atoms with Crippen molar-refractivity contribution in [2.24, 2.45) is 0 Å². The van der Waals surface area contributed by atoms with E-state index in [0.717, 1.165) is 49.1 Å². The van der Waals surface area contributed by atoms with Gasteiger partial charge in [-0.05, 0) is 37.1 Å². The van der Waals surface area contributed by atoms with Gasteiger partial charge >= 0.3 is 0 Å². The van der Waals surface area contributed by atoms with Gasteiger partial charge in [-0.3, -0.25) is 9.69 Å². The standard InChI is InChI=1S/C19H25N3O3S/c1-14-3-4-17(9-15(14)2)25-12-18(23)20-10-19-21-16(13-26-19)11-22-5-7-24-8-6-22/h3-4,9,13H,5-8,10-12H2,1-2H3,(H,20,23). The normalized spacial score (nSPS) is 15.0. The van der Waals surface area contributed by atoms with Crippen LogP contribution in [0.25, 0.3) is 0 Å². The molecule has 0 saturated carbocycles. The summed E-state index contributed by atoms with van der Waals surface area (Å²) in [5, 5.41) is 5.83. The van der Waals surface area contributed by atoms with Crippen LogP contribution in [0.5, 0.6) is 5.75 Å². The number of amides is 1. The Morgan fingerprint density at radius 1 is 1.31 bits per heavy atom. The summed E-state index contributed by atoms with van der Waals surface area (Å²) in [4.78, 5) is 18.9. The van der Waals surface area contributed by atoms with Crippen LogP contribution in [0.3, 0.4) is 0 Å². The van der Waals surface area contributed by atoms with E-state index in [1.165, 1.54) is 5.56 Å². The summed E-state index contributed by atoms with van der Waals surface area (Å²) < 4.78 is 10.9. The average Bonchev–Trinajstić information content (AvgIpc) is 3.09. The minimum Gasteiger partial charge on any atom is -0.484 e. The van der Waals surface area contributed by atoms with E-state index >= 15 is 0 Å². The zero-order valence-corrected chi connectivity index (χ0v) is 16.1. The summed E-state index contributed by atoms with van der Waals surface area (Å²) in [6.07, 6.45) is 0. The number of ether oxygens (including phenoxy) is 2. The first-order valence-corrected chi connectivity index (χ1v) is 9.68. The Balaban J connectivity index is 1.40. The van der Waals surface area contributed by atoms with Crippen LogP contribution in [-0.4, -0.2) is 48.7 Å². The molecular weight excluding hydrogens is 350 g/mol. The largest absolute Gasteiger partial charge is 0.484 e. The summed E-state index contributed by atoms with van der Waals surface area (Å²) >= 11 is 1.57. The van der Waals surface area contributed by atoms with Gasteiger partial charge in [-0.25, -0.2) is 4.98 Å². The fourth-order valence-electron chi connectivity index (χ4n) is 2.67. The first-order valence-electron chi connectivity index (χ1n) is 8.80. The minimum atomic E-state index is -0.145. The van der Waals surface area contributed by atoms with Gasteiger partial charge in [0, 0.05) is 25.0 Å². The zero-order chi connectivity index (χ0) is 18.4. The van der Waals surface area contributed by atoms with Crippen LogP contribution in [0.2, 0.25) is 0 Å². The summed E-state index contributed by atoms with van der Waals surface area (Å²) in [7, 11) is 0. The van der Waals surface area contributed by atoms with Crippen LogP contribution in [0.1, 0.15) is 21.8 Å². The first kappa shape index (κ1) is 18.8. The van der Waals surface area contributed by atoms with Crippen molar-refractivity contribution in [2.75, 3.05) is 32.9 Å². The molecule has 1 N–H and O–H groups in total. The van der Waals surface area contributed by atoms with Crippen LogP contribution in [0, 0.1) is 13.8 Å². The van der Waals surface area contributed by atoms with Gasteiger partial charge in [0.25, 0.3) is 5.91 Å². The fraction of sp³-hybridized carbons (Fsp3) is 0.474. The molecule has 0 radical (unpaired) electrons. The van der Waals surface area contributed by atoms with Crippen molar-refractivity contribution < 1.29 is 14.3 Å². The Morgan fingerprint density at radius 3 is 2.88 bits per heavy atom. The maximum atomic E-state index is 12.0. The third kappa shape index (κ3) is 5.52. The first-order chi connectivity index (χ1) is 12.6. The molecule has 2 heterocycles. The van der Waals surface area contributed by atoms with Crippen LogP contribution in [-0.2, 0) is 22.6 Å². The number of morpholine rings is 1. The van der Waals surface area contributed by atoms with E-state index in [4.69, 9.17) is 9.47 Å².